The molecular formula is C15H16ClFN2O. The first kappa shape index (κ1) is 14.7. The van der Waals surface area contributed by atoms with Gasteiger partial charge in [-0.3, -0.25) is 0 Å². The fourth-order valence-corrected chi connectivity index (χ4v) is 1.80. The normalized spacial score (nSPS) is 10.9. The SMILES string of the molecule is Cc1cc(Oc2nc(C(C)C)nc(Cl)c2C)ccc1F. The molecule has 0 aliphatic carbocycles. The summed E-state index contributed by atoms with van der Waals surface area (Å²) >= 11 is 6.09. The Hall–Kier alpha value is -1.68. The first-order valence-corrected chi connectivity index (χ1v) is 6.74. The first-order chi connectivity index (χ1) is 9.38. The van der Waals surface area contributed by atoms with Crippen molar-refractivity contribution in [2.24, 2.45) is 0 Å². The Morgan fingerprint density at radius 3 is 2.50 bits per heavy atom. The molecule has 2 aromatic rings. The lowest BCUT2D eigenvalue weighted by Crippen LogP contribution is -2.02. The molecule has 0 atom stereocenters. The second-order valence-electron chi connectivity index (χ2n) is 4.97. The van der Waals surface area contributed by atoms with Crippen LogP contribution in [0.2, 0.25) is 5.15 Å². The Bertz CT molecular complexity index is 644. The van der Waals surface area contributed by atoms with Crippen molar-refractivity contribution >= 4 is 11.6 Å². The van der Waals surface area contributed by atoms with Gasteiger partial charge < -0.3 is 4.74 Å². The van der Waals surface area contributed by atoms with Gasteiger partial charge in [0.25, 0.3) is 0 Å². The molecule has 1 aromatic carbocycles. The molecule has 5 heteroatoms. The lowest BCUT2D eigenvalue weighted by molar-refractivity contribution is 0.450. The molecule has 0 aliphatic rings. The van der Waals surface area contributed by atoms with Gasteiger partial charge in [-0.25, -0.2) is 9.37 Å². The zero-order chi connectivity index (χ0) is 14.9. The second kappa shape index (κ2) is 5.75. The van der Waals surface area contributed by atoms with Gasteiger partial charge in [-0.05, 0) is 37.6 Å². The molecule has 2 rings (SSSR count). The Morgan fingerprint density at radius 2 is 1.90 bits per heavy atom. The maximum absolute atomic E-state index is 13.2. The largest absolute Gasteiger partial charge is 0.439 e. The van der Waals surface area contributed by atoms with Crippen LogP contribution in [0.1, 0.15) is 36.7 Å². The van der Waals surface area contributed by atoms with Crippen LogP contribution >= 0.6 is 11.6 Å². The van der Waals surface area contributed by atoms with Crippen molar-refractivity contribution in [3.05, 3.63) is 46.1 Å². The minimum absolute atomic E-state index is 0.144. The van der Waals surface area contributed by atoms with E-state index in [2.05, 4.69) is 9.97 Å². The molecule has 0 spiro atoms. The molecule has 1 aromatic heterocycles. The van der Waals surface area contributed by atoms with Crippen molar-refractivity contribution in [1.82, 2.24) is 9.97 Å². The Kier molecular flexibility index (Phi) is 4.23. The van der Waals surface area contributed by atoms with Crippen LogP contribution in [-0.4, -0.2) is 9.97 Å². The number of hydrogen-bond acceptors (Lipinski definition) is 3. The van der Waals surface area contributed by atoms with E-state index in [0.717, 1.165) is 0 Å². The van der Waals surface area contributed by atoms with E-state index in [-0.39, 0.29) is 11.7 Å². The van der Waals surface area contributed by atoms with Crippen LogP contribution in [0, 0.1) is 19.7 Å². The van der Waals surface area contributed by atoms with E-state index >= 15 is 0 Å². The third-order valence-corrected chi connectivity index (χ3v) is 3.29. The predicted octanol–water partition coefficient (Wildman–Crippen LogP) is 4.80. The summed E-state index contributed by atoms with van der Waals surface area (Å²) in [4.78, 5) is 8.59. The number of benzene rings is 1. The third kappa shape index (κ3) is 3.07. The van der Waals surface area contributed by atoms with Gasteiger partial charge in [0.2, 0.25) is 5.88 Å². The van der Waals surface area contributed by atoms with Crippen LogP contribution in [0.25, 0.3) is 0 Å². The van der Waals surface area contributed by atoms with Crippen molar-refractivity contribution in [2.45, 2.75) is 33.6 Å². The van der Waals surface area contributed by atoms with E-state index in [9.17, 15) is 4.39 Å². The van der Waals surface area contributed by atoms with Crippen molar-refractivity contribution in [2.75, 3.05) is 0 Å². The number of halogens is 2. The van der Waals surface area contributed by atoms with E-state index in [1.807, 2.05) is 13.8 Å². The Morgan fingerprint density at radius 1 is 1.20 bits per heavy atom. The Balaban J connectivity index is 2.39. The van der Waals surface area contributed by atoms with Crippen LogP contribution in [-0.2, 0) is 0 Å². The van der Waals surface area contributed by atoms with Crippen LogP contribution < -0.4 is 4.74 Å². The summed E-state index contributed by atoms with van der Waals surface area (Å²) < 4.78 is 19.0. The molecule has 0 unspecified atom stereocenters. The van der Waals surface area contributed by atoms with Gasteiger partial charge in [0, 0.05) is 11.5 Å². The number of nitrogens with zero attached hydrogens (tertiary/aromatic N) is 2. The number of rotatable bonds is 3. The van der Waals surface area contributed by atoms with Gasteiger partial charge in [0.05, 0.1) is 0 Å². The predicted molar refractivity (Wildman–Crippen MR) is 77.1 cm³/mol. The summed E-state index contributed by atoms with van der Waals surface area (Å²) in [5, 5.41) is 0.373. The zero-order valence-electron chi connectivity index (χ0n) is 11.9. The van der Waals surface area contributed by atoms with E-state index in [0.29, 0.717) is 33.7 Å². The summed E-state index contributed by atoms with van der Waals surface area (Å²) in [5.41, 5.74) is 1.18. The molecule has 0 N–H and O–H groups in total. The molecule has 0 radical (unpaired) electrons. The van der Waals surface area contributed by atoms with Gasteiger partial charge in [-0.1, -0.05) is 25.4 Å². The standard InChI is InChI=1S/C15H16ClFN2O/c1-8(2)14-18-13(16)10(4)15(19-14)20-11-5-6-12(17)9(3)7-11/h5-8H,1-4H3. The molecule has 106 valence electrons. The lowest BCUT2D eigenvalue weighted by Gasteiger charge is -2.12. The molecule has 0 aliphatic heterocycles. The van der Waals surface area contributed by atoms with Crippen LogP contribution in [0.4, 0.5) is 4.39 Å². The van der Waals surface area contributed by atoms with Crippen LogP contribution in [0.5, 0.6) is 11.6 Å². The molecule has 0 saturated carbocycles. The summed E-state index contributed by atoms with van der Waals surface area (Å²) in [6.07, 6.45) is 0. The minimum Gasteiger partial charge on any atom is -0.439 e. The highest BCUT2D eigenvalue weighted by Crippen LogP contribution is 2.29. The lowest BCUT2D eigenvalue weighted by atomic mass is 10.2. The van der Waals surface area contributed by atoms with Crippen LogP contribution in [0.15, 0.2) is 18.2 Å². The van der Waals surface area contributed by atoms with Crippen molar-refractivity contribution < 1.29 is 9.13 Å². The van der Waals surface area contributed by atoms with E-state index in [4.69, 9.17) is 16.3 Å². The van der Waals surface area contributed by atoms with E-state index in [1.54, 1.807) is 26.0 Å². The monoisotopic (exact) mass is 294 g/mol. The maximum Gasteiger partial charge on any atom is 0.226 e. The van der Waals surface area contributed by atoms with Gasteiger partial charge in [0.1, 0.15) is 22.5 Å². The van der Waals surface area contributed by atoms with Crippen molar-refractivity contribution in [3.63, 3.8) is 0 Å². The molecule has 1 heterocycles. The van der Waals surface area contributed by atoms with Crippen LogP contribution in [0.3, 0.4) is 0 Å². The number of aromatic nitrogens is 2. The molecular weight excluding hydrogens is 279 g/mol. The second-order valence-corrected chi connectivity index (χ2v) is 5.33. The molecule has 20 heavy (non-hydrogen) atoms. The zero-order valence-corrected chi connectivity index (χ0v) is 12.6. The quantitative estimate of drug-likeness (QED) is 0.763. The number of aryl methyl sites for hydroxylation is 1. The summed E-state index contributed by atoms with van der Waals surface area (Å²) in [6.45, 7) is 7.43. The highest BCUT2D eigenvalue weighted by molar-refractivity contribution is 6.30. The van der Waals surface area contributed by atoms with Gasteiger partial charge in [-0.15, -0.1) is 0 Å². The Labute approximate surface area is 122 Å². The van der Waals surface area contributed by atoms with Crippen molar-refractivity contribution in [1.29, 1.82) is 0 Å². The average Bonchev–Trinajstić information content (AvgIpc) is 2.38. The molecule has 0 bridgehead atoms. The first-order valence-electron chi connectivity index (χ1n) is 6.36. The van der Waals surface area contributed by atoms with E-state index < -0.39 is 0 Å². The molecule has 0 saturated heterocycles. The highest BCUT2D eigenvalue weighted by atomic mass is 35.5. The van der Waals surface area contributed by atoms with Crippen molar-refractivity contribution in [3.8, 4) is 11.6 Å². The summed E-state index contributed by atoms with van der Waals surface area (Å²) in [6, 6.07) is 4.55. The summed E-state index contributed by atoms with van der Waals surface area (Å²) in [5.74, 6) is 1.42. The van der Waals surface area contributed by atoms with Gasteiger partial charge in [-0.2, -0.15) is 4.98 Å². The fraction of sp³-hybridized carbons (Fsp3) is 0.333. The number of ether oxygens (including phenoxy) is 1. The molecule has 0 fully saturated rings. The van der Waals surface area contributed by atoms with Gasteiger partial charge in [0.15, 0.2) is 0 Å². The topological polar surface area (TPSA) is 35.0 Å². The molecule has 3 nitrogen and oxygen atoms in total. The third-order valence-electron chi connectivity index (χ3n) is 2.92. The maximum atomic E-state index is 13.2. The number of hydrogen-bond donors (Lipinski definition) is 0. The van der Waals surface area contributed by atoms with E-state index in [1.165, 1.54) is 6.07 Å². The highest BCUT2D eigenvalue weighted by Gasteiger charge is 2.14. The average molecular weight is 295 g/mol. The summed E-state index contributed by atoms with van der Waals surface area (Å²) in [7, 11) is 0. The fourth-order valence-electron chi connectivity index (χ4n) is 1.64. The smallest absolute Gasteiger partial charge is 0.226 e. The van der Waals surface area contributed by atoms with Gasteiger partial charge >= 0.3 is 0 Å². The minimum atomic E-state index is -0.266. The molecule has 0 amide bonds.